The summed E-state index contributed by atoms with van der Waals surface area (Å²) in [6.07, 6.45) is 0.598. The van der Waals surface area contributed by atoms with E-state index in [9.17, 15) is 9.59 Å². The van der Waals surface area contributed by atoms with E-state index < -0.39 is 0 Å². The summed E-state index contributed by atoms with van der Waals surface area (Å²) in [5.74, 6) is -0.742. The predicted octanol–water partition coefficient (Wildman–Crippen LogP) is 2.39. The first-order valence-corrected chi connectivity index (χ1v) is 5.70. The second-order valence-electron chi connectivity index (χ2n) is 3.44. The Morgan fingerprint density at radius 3 is 2.73 bits per heavy atom. The van der Waals surface area contributed by atoms with Crippen LogP contribution in [0.4, 0.5) is 0 Å². The Bertz CT molecular complexity index is 413. The average Bonchev–Trinajstić information content (AvgIpc) is 2.92. The van der Waals surface area contributed by atoms with Crippen LogP contribution in [-0.4, -0.2) is 18.9 Å². The molecule has 15 heavy (non-hydrogen) atoms. The Labute approximate surface area is 96.0 Å². The topological polar surface area (TPSA) is 43.4 Å². The van der Waals surface area contributed by atoms with E-state index in [-0.39, 0.29) is 23.6 Å². The van der Waals surface area contributed by atoms with Crippen molar-refractivity contribution >= 4 is 34.7 Å². The van der Waals surface area contributed by atoms with Crippen molar-refractivity contribution in [1.29, 1.82) is 0 Å². The van der Waals surface area contributed by atoms with E-state index in [0.29, 0.717) is 15.6 Å². The van der Waals surface area contributed by atoms with E-state index in [1.54, 1.807) is 12.1 Å². The van der Waals surface area contributed by atoms with Crippen LogP contribution in [0, 0.1) is 11.8 Å². The summed E-state index contributed by atoms with van der Waals surface area (Å²) in [7, 11) is 1.34. The molecule has 5 heteroatoms. The van der Waals surface area contributed by atoms with Crippen LogP contribution in [0.1, 0.15) is 16.1 Å². The lowest BCUT2D eigenvalue weighted by Crippen LogP contribution is -2.09. The summed E-state index contributed by atoms with van der Waals surface area (Å²) in [5, 5.41) is 0. The first-order valence-electron chi connectivity index (χ1n) is 4.51. The first-order chi connectivity index (χ1) is 7.13. The van der Waals surface area contributed by atoms with Crippen LogP contribution in [0.3, 0.4) is 0 Å². The van der Waals surface area contributed by atoms with Gasteiger partial charge in [-0.2, -0.15) is 0 Å². The molecular weight excluding hydrogens is 236 g/mol. The van der Waals surface area contributed by atoms with Crippen molar-refractivity contribution < 1.29 is 14.3 Å². The minimum Gasteiger partial charge on any atom is -0.469 e. The highest BCUT2D eigenvalue weighted by atomic mass is 35.5. The van der Waals surface area contributed by atoms with Crippen LogP contribution in [0.15, 0.2) is 12.1 Å². The molecule has 3 nitrogen and oxygen atoms in total. The first kappa shape index (κ1) is 10.6. The zero-order valence-electron chi connectivity index (χ0n) is 8.03. The molecule has 1 fully saturated rings. The Balaban J connectivity index is 2.03. The summed E-state index contributed by atoms with van der Waals surface area (Å²) >= 11 is 6.98. The standard InChI is InChI=1S/C10H9ClO3S/c1-14-10(13)6-4-5(6)9(12)7-2-3-8(11)15-7/h2-3,5-6H,4H2,1H3. The van der Waals surface area contributed by atoms with E-state index in [0.717, 1.165) is 0 Å². The van der Waals surface area contributed by atoms with Crippen LogP contribution in [0.25, 0.3) is 0 Å². The van der Waals surface area contributed by atoms with Crippen molar-refractivity contribution in [3.63, 3.8) is 0 Å². The molecule has 1 aromatic heterocycles. The molecule has 1 aromatic rings. The Hall–Kier alpha value is -0.870. The molecule has 1 aliphatic rings. The number of halogens is 1. The maximum absolute atomic E-state index is 11.8. The van der Waals surface area contributed by atoms with Crippen molar-refractivity contribution in [2.45, 2.75) is 6.42 Å². The second-order valence-corrected chi connectivity index (χ2v) is 5.15. The Morgan fingerprint density at radius 1 is 1.47 bits per heavy atom. The largest absolute Gasteiger partial charge is 0.469 e. The third kappa shape index (κ3) is 2.06. The van der Waals surface area contributed by atoms with E-state index in [4.69, 9.17) is 11.6 Å². The normalized spacial score (nSPS) is 23.6. The lowest BCUT2D eigenvalue weighted by Gasteiger charge is -1.96. The molecule has 2 atom stereocenters. The minimum atomic E-state index is -0.295. The van der Waals surface area contributed by atoms with Gasteiger partial charge in [-0.3, -0.25) is 9.59 Å². The number of hydrogen-bond acceptors (Lipinski definition) is 4. The number of Topliss-reactive ketones (excluding diaryl/α,β-unsaturated/α-hetero) is 1. The Morgan fingerprint density at radius 2 is 2.20 bits per heavy atom. The molecule has 80 valence electrons. The molecule has 0 bridgehead atoms. The fraction of sp³-hybridized carbons (Fsp3) is 0.400. The molecule has 0 aromatic carbocycles. The number of methoxy groups -OCH3 is 1. The van der Waals surface area contributed by atoms with Crippen LogP contribution in [-0.2, 0) is 9.53 Å². The van der Waals surface area contributed by atoms with Gasteiger partial charge in [0, 0.05) is 5.92 Å². The van der Waals surface area contributed by atoms with Gasteiger partial charge >= 0.3 is 5.97 Å². The summed E-state index contributed by atoms with van der Waals surface area (Å²) < 4.78 is 5.17. The second kappa shape index (κ2) is 3.94. The molecule has 0 N–H and O–H groups in total. The van der Waals surface area contributed by atoms with E-state index in [2.05, 4.69) is 4.74 Å². The lowest BCUT2D eigenvalue weighted by molar-refractivity contribution is -0.142. The highest BCUT2D eigenvalue weighted by Gasteiger charge is 2.49. The molecule has 0 spiro atoms. The molecule has 1 heterocycles. The molecule has 2 unspecified atom stereocenters. The van der Waals surface area contributed by atoms with Gasteiger partial charge in [-0.1, -0.05) is 11.6 Å². The summed E-state index contributed by atoms with van der Waals surface area (Å²) in [6, 6.07) is 3.39. The van der Waals surface area contributed by atoms with Crippen LogP contribution in [0.2, 0.25) is 4.34 Å². The van der Waals surface area contributed by atoms with Gasteiger partial charge in [0.15, 0.2) is 5.78 Å². The molecule has 1 saturated carbocycles. The van der Waals surface area contributed by atoms with Gasteiger partial charge in [-0.15, -0.1) is 11.3 Å². The van der Waals surface area contributed by atoms with Gasteiger partial charge in [0.25, 0.3) is 0 Å². The third-order valence-electron chi connectivity index (χ3n) is 2.45. The Kier molecular flexibility index (Phi) is 2.80. The number of thiophene rings is 1. The molecule has 0 aliphatic heterocycles. The van der Waals surface area contributed by atoms with Gasteiger partial charge in [-0.05, 0) is 18.6 Å². The van der Waals surface area contributed by atoms with E-state index >= 15 is 0 Å². The van der Waals surface area contributed by atoms with Gasteiger partial charge in [0.1, 0.15) is 0 Å². The van der Waals surface area contributed by atoms with Crippen LogP contribution < -0.4 is 0 Å². The quantitative estimate of drug-likeness (QED) is 0.606. The van der Waals surface area contributed by atoms with Crippen molar-refractivity contribution in [2.24, 2.45) is 11.8 Å². The van der Waals surface area contributed by atoms with Crippen molar-refractivity contribution in [1.82, 2.24) is 0 Å². The lowest BCUT2D eigenvalue weighted by atomic mass is 10.2. The SMILES string of the molecule is COC(=O)C1CC1C(=O)c1ccc(Cl)s1. The van der Waals surface area contributed by atoms with Gasteiger partial charge in [0.05, 0.1) is 22.2 Å². The van der Waals surface area contributed by atoms with Gasteiger partial charge in [0.2, 0.25) is 0 Å². The predicted molar refractivity (Wildman–Crippen MR) is 57.3 cm³/mol. The summed E-state index contributed by atoms with van der Waals surface area (Å²) in [6.45, 7) is 0. The van der Waals surface area contributed by atoms with Gasteiger partial charge < -0.3 is 4.74 Å². The van der Waals surface area contributed by atoms with Crippen molar-refractivity contribution in [3.8, 4) is 0 Å². The van der Waals surface area contributed by atoms with Gasteiger partial charge in [-0.25, -0.2) is 0 Å². The number of esters is 1. The van der Waals surface area contributed by atoms with Crippen LogP contribution in [0.5, 0.6) is 0 Å². The number of ketones is 1. The molecule has 0 saturated heterocycles. The minimum absolute atomic E-state index is 0.00213. The molecule has 0 radical (unpaired) electrons. The van der Waals surface area contributed by atoms with Crippen LogP contribution >= 0.6 is 22.9 Å². The zero-order chi connectivity index (χ0) is 11.0. The summed E-state index contributed by atoms with van der Waals surface area (Å²) in [5.41, 5.74) is 0. The number of rotatable bonds is 3. The molecular formula is C10H9ClO3S. The fourth-order valence-corrected chi connectivity index (χ4v) is 2.57. The summed E-state index contributed by atoms with van der Waals surface area (Å²) in [4.78, 5) is 23.5. The average molecular weight is 245 g/mol. The van der Waals surface area contributed by atoms with Crippen molar-refractivity contribution in [2.75, 3.05) is 7.11 Å². The number of carbonyl (C=O) groups excluding carboxylic acids is 2. The number of ether oxygens (including phenoxy) is 1. The molecule has 2 rings (SSSR count). The fourth-order valence-electron chi connectivity index (χ4n) is 1.53. The van der Waals surface area contributed by atoms with Crippen molar-refractivity contribution in [3.05, 3.63) is 21.3 Å². The monoisotopic (exact) mass is 244 g/mol. The number of carbonyl (C=O) groups is 2. The van der Waals surface area contributed by atoms with E-state index in [1.165, 1.54) is 18.4 Å². The zero-order valence-corrected chi connectivity index (χ0v) is 9.60. The highest BCUT2D eigenvalue weighted by Crippen LogP contribution is 2.43. The molecule has 1 aliphatic carbocycles. The van der Waals surface area contributed by atoms with E-state index in [1.807, 2.05) is 0 Å². The molecule has 0 amide bonds. The third-order valence-corrected chi connectivity index (χ3v) is 3.69. The maximum atomic E-state index is 11.8. The highest BCUT2D eigenvalue weighted by molar-refractivity contribution is 7.18. The smallest absolute Gasteiger partial charge is 0.309 e. The maximum Gasteiger partial charge on any atom is 0.309 e. The number of hydrogen-bond donors (Lipinski definition) is 0.